The number of nitrogens with one attached hydrogen (secondary N) is 2. The summed E-state index contributed by atoms with van der Waals surface area (Å²) in [5.74, 6) is -1.79. The van der Waals surface area contributed by atoms with Gasteiger partial charge in [0.25, 0.3) is 5.56 Å². The smallest absolute Gasteiger partial charge is 0.330 e. The molecular weight excluding hydrogens is 329 g/mol. The largest absolute Gasteiger partial charge is 0.494 e. The molecule has 0 fully saturated rings. The number of methoxy groups -OCH3 is 1. The molecule has 1 unspecified atom stereocenters. The fourth-order valence-electron chi connectivity index (χ4n) is 2.47. The van der Waals surface area contributed by atoms with E-state index in [9.17, 15) is 19.1 Å². The van der Waals surface area contributed by atoms with Crippen molar-refractivity contribution in [3.63, 3.8) is 0 Å². The van der Waals surface area contributed by atoms with Gasteiger partial charge in [0.2, 0.25) is 0 Å². The highest BCUT2D eigenvalue weighted by Crippen LogP contribution is 2.26. The molecule has 0 spiro atoms. The Kier molecular flexibility index (Phi) is 4.34. The van der Waals surface area contributed by atoms with Crippen LogP contribution in [0.25, 0.3) is 10.9 Å². The number of halogens is 1. The van der Waals surface area contributed by atoms with Crippen LogP contribution in [0.4, 0.5) is 10.1 Å². The van der Waals surface area contributed by atoms with Crippen molar-refractivity contribution in [2.75, 3.05) is 12.4 Å². The lowest BCUT2D eigenvalue weighted by Gasteiger charge is -2.17. The lowest BCUT2D eigenvalue weighted by Crippen LogP contribution is -2.21. The maximum atomic E-state index is 13.5. The molecule has 1 heterocycles. The van der Waals surface area contributed by atoms with Crippen LogP contribution in [-0.4, -0.2) is 28.2 Å². The summed E-state index contributed by atoms with van der Waals surface area (Å²) in [6.45, 7) is 0. The van der Waals surface area contributed by atoms with Gasteiger partial charge >= 0.3 is 5.97 Å². The number of carbonyl (C=O) groups is 1. The fourth-order valence-corrected chi connectivity index (χ4v) is 2.47. The Hall–Kier alpha value is -3.42. The molecular formula is C17H14FN3O4. The number of hydrogen-bond donors (Lipinski definition) is 3. The predicted molar refractivity (Wildman–Crippen MR) is 89.3 cm³/mol. The summed E-state index contributed by atoms with van der Waals surface area (Å²) in [5.41, 5.74) is 0.890. The van der Waals surface area contributed by atoms with Gasteiger partial charge in [-0.2, -0.15) is 0 Å². The number of carboxylic acid groups (broad SMARTS) is 1. The number of anilines is 1. The van der Waals surface area contributed by atoms with Crippen molar-refractivity contribution >= 4 is 22.6 Å². The number of carboxylic acids is 1. The Morgan fingerprint density at radius 3 is 2.84 bits per heavy atom. The van der Waals surface area contributed by atoms with Crippen molar-refractivity contribution in [1.29, 1.82) is 0 Å². The summed E-state index contributed by atoms with van der Waals surface area (Å²) >= 11 is 0. The number of aliphatic carboxylic acids is 1. The second-order valence-corrected chi connectivity index (χ2v) is 5.27. The molecule has 1 aromatic heterocycles. The molecule has 3 rings (SSSR count). The SMILES string of the molecule is COc1cc(C(Nc2ccc3nc[nH]c(=O)c3c2)C(=O)O)ccc1F. The third-order valence-corrected chi connectivity index (χ3v) is 3.71. The first kappa shape index (κ1) is 16.4. The Labute approximate surface area is 141 Å². The number of hydrogen-bond acceptors (Lipinski definition) is 5. The summed E-state index contributed by atoms with van der Waals surface area (Å²) < 4.78 is 18.4. The first-order valence-corrected chi connectivity index (χ1v) is 7.30. The molecule has 25 heavy (non-hydrogen) atoms. The van der Waals surface area contributed by atoms with Crippen LogP contribution in [0.2, 0.25) is 0 Å². The van der Waals surface area contributed by atoms with E-state index in [0.29, 0.717) is 22.2 Å². The average Bonchev–Trinajstić information content (AvgIpc) is 2.60. The Bertz CT molecular complexity index is 1000. The molecule has 128 valence electrons. The zero-order chi connectivity index (χ0) is 18.0. The van der Waals surface area contributed by atoms with Crippen molar-refractivity contribution in [1.82, 2.24) is 9.97 Å². The maximum Gasteiger partial charge on any atom is 0.330 e. The van der Waals surface area contributed by atoms with E-state index in [1.165, 1.54) is 31.6 Å². The number of rotatable bonds is 5. The summed E-state index contributed by atoms with van der Waals surface area (Å²) in [4.78, 5) is 30.0. The molecule has 0 aliphatic carbocycles. The number of ether oxygens (including phenoxy) is 1. The van der Waals surface area contributed by atoms with Crippen LogP contribution in [0, 0.1) is 5.82 Å². The number of H-pyrrole nitrogens is 1. The second-order valence-electron chi connectivity index (χ2n) is 5.27. The van der Waals surface area contributed by atoms with Crippen molar-refractivity contribution in [3.8, 4) is 5.75 Å². The quantitative estimate of drug-likeness (QED) is 0.657. The van der Waals surface area contributed by atoms with Gasteiger partial charge < -0.3 is 20.1 Å². The fraction of sp³-hybridized carbons (Fsp3) is 0.118. The first-order chi connectivity index (χ1) is 12.0. The third kappa shape index (κ3) is 3.27. The molecule has 3 aromatic rings. The van der Waals surface area contributed by atoms with Crippen molar-refractivity contribution in [3.05, 3.63) is 64.5 Å². The number of aromatic amines is 1. The van der Waals surface area contributed by atoms with E-state index in [0.717, 1.165) is 6.07 Å². The first-order valence-electron chi connectivity index (χ1n) is 7.30. The highest BCUT2D eigenvalue weighted by Gasteiger charge is 2.21. The normalized spacial score (nSPS) is 11.9. The van der Waals surface area contributed by atoms with Crippen LogP contribution in [0.5, 0.6) is 5.75 Å². The lowest BCUT2D eigenvalue weighted by molar-refractivity contribution is -0.138. The number of fused-ring (bicyclic) bond motifs is 1. The molecule has 1 atom stereocenters. The van der Waals surface area contributed by atoms with Gasteiger partial charge in [0.05, 0.1) is 24.3 Å². The van der Waals surface area contributed by atoms with E-state index in [2.05, 4.69) is 15.3 Å². The van der Waals surface area contributed by atoms with Crippen molar-refractivity contribution < 1.29 is 19.0 Å². The van der Waals surface area contributed by atoms with E-state index < -0.39 is 17.8 Å². The maximum absolute atomic E-state index is 13.5. The monoisotopic (exact) mass is 343 g/mol. The summed E-state index contributed by atoms with van der Waals surface area (Å²) in [6, 6.07) is 7.40. The van der Waals surface area contributed by atoms with Crippen LogP contribution in [0.3, 0.4) is 0 Å². The van der Waals surface area contributed by atoms with Crippen LogP contribution in [-0.2, 0) is 4.79 Å². The van der Waals surface area contributed by atoms with E-state index in [-0.39, 0.29) is 11.3 Å². The minimum Gasteiger partial charge on any atom is -0.494 e. The molecule has 2 aromatic carbocycles. The van der Waals surface area contributed by atoms with Gasteiger partial charge in [0.15, 0.2) is 17.6 Å². The van der Waals surface area contributed by atoms with Gasteiger partial charge in [-0.3, -0.25) is 4.79 Å². The molecule has 0 aliphatic heterocycles. The lowest BCUT2D eigenvalue weighted by atomic mass is 10.1. The topological polar surface area (TPSA) is 104 Å². The number of aromatic nitrogens is 2. The van der Waals surface area contributed by atoms with Gasteiger partial charge in [-0.05, 0) is 35.9 Å². The van der Waals surface area contributed by atoms with Crippen LogP contribution >= 0.6 is 0 Å². The highest BCUT2D eigenvalue weighted by molar-refractivity contribution is 5.84. The van der Waals surface area contributed by atoms with E-state index in [4.69, 9.17) is 4.74 Å². The number of nitrogens with zero attached hydrogens (tertiary/aromatic N) is 1. The minimum absolute atomic E-state index is 0.0512. The van der Waals surface area contributed by atoms with E-state index in [1.54, 1.807) is 12.1 Å². The molecule has 0 radical (unpaired) electrons. The Balaban J connectivity index is 1.99. The molecule has 7 nitrogen and oxygen atoms in total. The number of benzene rings is 2. The highest BCUT2D eigenvalue weighted by atomic mass is 19.1. The standard InChI is InChI=1S/C17H14FN3O4/c1-25-14-6-9(2-4-12(14)18)15(17(23)24)21-10-3-5-13-11(7-10)16(22)20-8-19-13/h2-8,15,21H,1H3,(H,23,24)(H,19,20,22). The second kappa shape index (κ2) is 6.60. The molecule has 0 bridgehead atoms. The molecule has 3 N–H and O–H groups in total. The zero-order valence-electron chi connectivity index (χ0n) is 13.1. The Morgan fingerprint density at radius 2 is 2.12 bits per heavy atom. The van der Waals surface area contributed by atoms with Crippen LogP contribution < -0.4 is 15.6 Å². The average molecular weight is 343 g/mol. The summed E-state index contributed by atoms with van der Waals surface area (Å²) in [5, 5.41) is 12.7. The van der Waals surface area contributed by atoms with Gasteiger partial charge in [-0.1, -0.05) is 6.07 Å². The Morgan fingerprint density at radius 1 is 1.32 bits per heavy atom. The van der Waals surface area contributed by atoms with Crippen molar-refractivity contribution in [2.24, 2.45) is 0 Å². The minimum atomic E-state index is -1.16. The summed E-state index contributed by atoms with van der Waals surface area (Å²) in [7, 11) is 1.30. The predicted octanol–water partition coefficient (Wildman–Crippen LogP) is 2.31. The van der Waals surface area contributed by atoms with Crippen LogP contribution in [0.1, 0.15) is 11.6 Å². The molecule has 0 saturated carbocycles. The van der Waals surface area contributed by atoms with Gasteiger partial charge in [-0.25, -0.2) is 14.2 Å². The van der Waals surface area contributed by atoms with Gasteiger partial charge in [0, 0.05) is 5.69 Å². The molecule has 0 amide bonds. The van der Waals surface area contributed by atoms with Gasteiger partial charge in [0.1, 0.15) is 0 Å². The molecule has 0 saturated heterocycles. The third-order valence-electron chi connectivity index (χ3n) is 3.71. The zero-order valence-corrected chi connectivity index (χ0v) is 13.1. The van der Waals surface area contributed by atoms with E-state index >= 15 is 0 Å². The molecule has 8 heteroatoms. The summed E-state index contributed by atoms with van der Waals surface area (Å²) in [6.07, 6.45) is 1.29. The van der Waals surface area contributed by atoms with Gasteiger partial charge in [-0.15, -0.1) is 0 Å². The molecule has 0 aliphatic rings. The van der Waals surface area contributed by atoms with Crippen molar-refractivity contribution in [2.45, 2.75) is 6.04 Å². The van der Waals surface area contributed by atoms with Crippen LogP contribution in [0.15, 0.2) is 47.5 Å². The van der Waals surface area contributed by atoms with E-state index in [1.807, 2.05) is 0 Å².